The van der Waals surface area contributed by atoms with Gasteiger partial charge in [0.1, 0.15) is 0 Å². The topological polar surface area (TPSA) is 0 Å². The Balaban J connectivity index is 2.39. The molecule has 0 N–H and O–H groups in total. The third kappa shape index (κ3) is 4.02. The predicted molar refractivity (Wildman–Crippen MR) is 99.0 cm³/mol. The minimum atomic E-state index is -4.50. The molecule has 0 atom stereocenters. The number of benzene rings is 3. The standard InChI is InChI=1S/C21H14BrF3/c22-18-13-7-12-17(14-18)20(21(23,24)25)19(15-8-3-1-4-9-15)16-10-5-2-6-11-16/h1-14H. The van der Waals surface area contributed by atoms with Crippen molar-refractivity contribution in [1.29, 1.82) is 0 Å². The van der Waals surface area contributed by atoms with Gasteiger partial charge >= 0.3 is 6.18 Å². The van der Waals surface area contributed by atoms with Crippen LogP contribution < -0.4 is 0 Å². The van der Waals surface area contributed by atoms with Gasteiger partial charge in [-0.15, -0.1) is 0 Å². The van der Waals surface area contributed by atoms with Crippen LogP contribution in [-0.4, -0.2) is 6.18 Å². The Morgan fingerprint density at radius 2 is 1.12 bits per heavy atom. The van der Waals surface area contributed by atoms with Gasteiger partial charge in [0.05, 0.1) is 5.57 Å². The number of halogens is 4. The Hall–Kier alpha value is -2.33. The SMILES string of the molecule is FC(F)(F)C(=C(c1ccccc1)c1ccccc1)c1cccc(Br)c1. The van der Waals surface area contributed by atoms with E-state index in [0.29, 0.717) is 15.6 Å². The van der Waals surface area contributed by atoms with Gasteiger partial charge in [-0.2, -0.15) is 13.2 Å². The highest BCUT2D eigenvalue weighted by molar-refractivity contribution is 9.10. The summed E-state index contributed by atoms with van der Waals surface area (Å²) in [5.41, 5.74) is 0.713. The van der Waals surface area contributed by atoms with Gasteiger partial charge in [0.25, 0.3) is 0 Å². The molecule has 0 saturated carbocycles. The second-order valence-corrected chi connectivity index (χ2v) is 6.41. The fourth-order valence-electron chi connectivity index (χ4n) is 2.76. The van der Waals surface area contributed by atoms with Crippen LogP contribution in [0.1, 0.15) is 16.7 Å². The first-order chi connectivity index (χ1) is 12.0. The van der Waals surface area contributed by atoms with Crippen LogP contribution in [0.3, 0.4) is 0 Å². The fraction of sp³-hybridized carbons (Fsp3) is 0.0476. The summed E-state index contributed by atoms with van der Waals surface area (Å²) in [6.07, 6.45) is -4.50. The highest BCUT2D eigenvalue weighted by Crippen LogP contribution is 2.42. The van der Waals surface area contributed by atoms with E-state index in [4.69, 9.17) is 0 Å². The maximum Gasteiger partial charge on any atom is 0.417 e. The molecule has 0 nitrogen and oxygen atoms in total. The number of hydrogen-bond donors (Lipinski definition) is 0. The molecular weight excluding hydrogens is 389 g/mol. The number of alkyl halides is 3. The first kappa shape index (κ1) is 17.5. The van der Waals surface area contributed by atoms with Crippen LogP contribution in [-0.2, 0) is 0 Å². The summed E-state index contributed by atoms with van der Waals surface area (Å²) in [5.74, 6) is 0. The van der Waals surface area contributed by atoms with E-state index < -0.39 is 11.7 Å². The third-order valence-electron chi connectivity index (χ3n) is 3.77. The minimum Gasteiger partial charge on any atom is -0.166 e. The van der Waals surface area contributed by atoms with E-state index in [1.807, 2.05) is 0 Å². The highest BCUT2D eigenvalue weighted by Gasteiger charge is 2.38. The maximum atomic E-state index is 14.1. The Kier molecular flexibility index (Phi) is 5.09. The fourth-order valence-corrected chi connectivity index (χ4v) is 3.16. The molecule has 0 bridgehead atoms. The van der Waals surface area contributed by atoms with E-state index >= 15 is 0 Å². The molecule has 0 spiro atoms. The molecule has 0 aliphatic carbocycles. The van der Waals surface area contributed by atoms with Crippen LogP contribution in [0.15, 0.2) is 89.4 Å². The second kappa shape index (κ2) is 7.28. The monoisotopic (exact) mass is 402 g/mol. The molecule has 0 fully saturated rings. The molecule has 0 saturated heterocycles. The molecule has 3 aromatic carbocycles. The Bertz CT molecular complexity index is 840. The zero-order chi connectivity index (χ0) is 17.9. The Labute approximate surface area is 152 Å². The summed E-state index contributed by atoms with van der Waals surface area (Å²) in [6.45, 7) is 0. The molecule has 0 unspecified atom stereocenters. The van der Waals surface area contributed by atoms with E-state index in [1.54, 1.807) is 72.8 Å². The lowest BCUT2D eigenvalue weighted by molar-refractivity contribution is -0.0685. The lowest BCUT2D eigenvalue weighted by atomic mass is 9.89. The van der Waals surface area contributed by atoms with Gasteiger partial charge in [-0.05, 0) is 28.8 Å². The van der Waals surface area contributed by atoms with E-state index in [1.165, 1.54) is 12.1 Å². The van der Waals surface area contributed by atoms with Crippen LogP contribution in [0.25, 0.3) is 11.1 Å². The van der Waals surface area contributed by atoms with Crippen LogP contribution in [0.2, 0.25) is 0 Å². The maximum absolute atomic E-state index is 14.1. The smallest absolute Gasteiger partial charge is 0.166 e. The summed E-state index contributed by atoms with van der Waals surface area (Å²) in [5, 5.41) is 0. The normalized spacial score (nSPS) is 11.2. The molecule has 25 heavy (non-hydrogen) atoms. The molecule has 0 aromatic heterocycles. The molecule has 0 radical (unpaired) electrons. The molecule has 3 aromatic rings. The molecule has 126 valence electrons. The van der Waals surface area contributed by atoms with Crippen molar-refractivity contribution in [3.8, 4) is 0 Å². The van der Waals surface area contributed by atoms with E-state index in [0.717, 1.165) is 0 Å². The summed E-state index contributed by atoms with van der Waals surface area (Å²) in [6, 6.07) is 23.7. The van der Waals surface area contributed by atoms with Crippen molar-refractivity contribution in [3.63, 3.8) is 0 Å². The van der Waals surface area contributed by atoms with Crippen molar-refractivity contribution in [3.05, 3.63) is 106 Å². The summed E-state index contributed by atoms with van der Waals surface area (Å²) < 4.78 is 42.9. The van der Waals surface area contributed by atoms with E-state index in [9.17, 15) is 13.2 Å². The number of rotatable bonds is 3. The van der Waals surface area contributed by atoms with E-state index in [2.05, 4.69) is 15.9 Å². The van der Waals surface area contributed by atoms with Crippen LogP contribution in [0, 0.1) is 0 Å². The largest absolute Gasteiger partial charge is 0.417 e. The summed E-state index contributed by atoms with van der Waals surface area (Å²) >= 11 is 3.27. The summed E-state index contributed by atoms with van der Waals surface area (Å²) in [4.78, 5) is 0. The lowest BCUT2D eigenvalue weighted by Crippen LogP contribution is -2.14. The van der Waals surface area contributed by atoms with Gasteiger partial charge in [0.15, 0.2) is 0 Å². The van der Waals surface area contributed by atoms with Gasteiger partial charge < -0.3 is 0 Å². The zero-order valence-electron chi connectivity index (χ0n) is 13.1. The Morgan fingerprint density at radius 3 is 1.56 bits per heavy atom. The van der Waals surface area contributed by atoms with Gasteiger partial charge in [-0.1, -0.05) is 88.7 Å². The lowest BCUT2D eigenvalue weighted by Gasteiger charge is -2.19. The van der Waals surface area contributed by atoms with Gasteiger partial charge in [0, 0.05) is 10.0 Å². The molecular formula is C21H14BrF3. The van der Waals surface area contributed by atoms with Crippen LogP contribution in [0.4, 0.5) is 13.2 Å². The average molecular weight is 403 g/mol. The minimum absolute atomic E-state index is 0.129. The van der Waals surface area contributed by atoms with Crippen molar-refractivity contribution in [1.82, 2.24) is 0 Å². The molecule has 0 heterocycles. The van der Waals surface area contributed by atoms with Crippen molar-refractivity contribution in [2.45, 2.75) is 6.18 Å². The van der Waals surface area contributed by atoms with Crippen molar-refractivity contribution < 1.29 is 13.2 Å². The van der Waals surface area contributed by atoms with E-state index in [-0.39, 0.29) is 11.1 Å². The number of allylic oxidation sites excluding steroid dienone is 1. The molecule has 4 heteroatoms. The second-order valence-electron chi connectivity index (χ2n) is 5.49. The highest BCUT2D eigenvalue weighted by atomic mass is 79.9. The molecule has 0 amide bonds. The average Bonchev–Trinajstić information content (AvgIpc) is 2.60. The summed E-state index contributed by atoms with van der Waals surface area (Å²) in [7, 11) is 0. The first-order valence-corrected chi connectivity index (χ1v) is 8.44. The van der Waals surface area contributed by atoms with Crippen molar-refractivity contribution in [2.24, 2.45) is 0 Å². The third-order valence-corrected chi connectivity index (χ3v) is 4.26. The van der Waals surface area contributed by atoms with Crippen LogP contribution in [0.5, 0.6) is 0 Å². The van der Waals surface area contributed by atoms with Gasteiger partial charge in [0.2, 0.25) is 0 Å². The predicted octanol–water partition coefficient (Wildman–Crippen LogP) is 6.97. The number of hydrogen-bond acceptors (Lipinski definition) is 0. The van der Waals surface area contributed by atoms with Gasteiger partial charge in [-0.3, -0.25) is 0 Å². The van der Waals surface area contributed by atoms with Gasteiger partial charge in [-0.25, -0.2) is 0 Å². The van der Waals surface area contributed by atoms with Crippen molar-refractivity contribution >= 4 is 27.1 Å². The first-order valence-electron chi connectivity index (χ1n) is 7.65. The molecule has 3 rings (SSSR count). The quantitative estimate of drug-likeness (QED) is 0.415. The molecule has 0 aliphatic rings. The zero-order valence-corrected chi connectivity index (χ0v) is 14.7. The Morgan fingerprint density at radius 1 is 0.640 bits per heavy atom. The molecule has 0 aliphatic heterocycles. The van der Waals surface area contributed by atoms with Crippen molar-refractivity contribution in [2.75, 3.05) is 0 Å². The van der Waals surface area contributed by atoms with Crippen LogP contribution >= 0.6 is 15.9 Å².